The summed E-state index contributed by atoms with van der Waals surface area (Å²) in [7, 11) is 0. The molecular weight excluding hydrogens is 250 g/mol. The van der Waals surface area contributed by atoms with Crippen LogP contribution in [0.1, 0.15) is 19.8 Å². The van der Waals surface area contributed by atoms with Crippen molar-refractivity contribution in [1.82, 2.24) is 9.88 Å². The van der Waals surface area contributed by atoms with E-state index in [0.717, 1.165) is 42.5 Å². The lowest BCUT2D eigenvalue weighted by Crippen LogP contribution is -2.41. The molecule has 104 valence electrons. The molecule has 0 bridgehead atoms. The van der Waals surface area contributed by atoms with Crippen LogP contribution in [0.3, 0.4) is 0 Å². The zero-order valence-corrected chi connectivity index (χ0v) is 11.7. The van der Waals surface area contributed by atoms with E-state index in [1.807, 2.05) is 17.2 Å². The molecule has 4 heteroatoms. The number of fused-ring (bicyclic) bond motifs is 1. The molecule has 2 heterocycles. The van der Waals surface area contributed by atoms with Crippen LogP contribution >= 0.6 is 0 Å². The summed E-state index contributed by atoms with van der Waals surface area (Å²) < 4.78 is 0. The molecule has 1 fully saturated rings. The third-order valence-electron chi connectivity index (χ3n) is 3.93. The number of benzene rings is 1. The van der Waals surface area contributed by atoms with Gasteiger partial charge in [-0.3, -0.25) is 9.78 Å². The van der Waals surface area contributed by atoms with Gasteiger partial charge in [-0.05, 0) is 25.0 Å². The van der Waals surface area contributed by atoms with E-state index in [1.165, 1.54) is 0 Å². The van der Waals surface area contributed by atoms with Gasteiger partial charge in [-0.2, -0.15) is 0 Å². The third-order valence-corrected chi connectivity index (χ3v) is 3.93. The van der Waals surface area contributed by atoms with E-state index in [2.05, 4.69) is 34.6 Å². The number of nitrogens with zero attached hydrogens (tertiary/aromatic N) is 2. The van der Waals surface area contributed by atoms with Crippen molar-refractivity contribution in [2.75, 3.05) is 18.4 Å². The number of hydrogen-bond donors (Lipinski definition) is 1. The summed E-state index contributed by atoms with van der Waals surface area (Å²) in [6.07, 6.45) is 3.80. The first-order valence-corrected chi connectivity index (χ1v) is 7.10. The van der Waals surface area contributed by atoms with Crippen LogP contribution in [0.15, 0.2) is 36.5 Å². The van der Waals surface area contributed by atoms with Crippen molar-refractivity contribution in [3.8, 4) is 0 Å². The quantitative estimate of drug-likeness (QED) is 0.911. The van der Waals surface area contributed by atoms with Crippen molar-refractivity contribution in [1.29, 1.82) is 0 Å². The number of anilines is 1. The Balaban J connectivity index is 1.73. The van der Waals surface area contributed by atoms with E-state index in [9.17, 15) is 4.79 Å². The van der Waals surface area contributed by atoms with Gasteiger partial charge in [0, 0.05) is 37.6 Å². The third kappa shape index (κ3) is 2.59. The summed E-state index contributed by atoms with van der Waals surface area (Å²) in [4.78, 5) is 17.7. The van der Waals surface area contributed by atoms with Gasteiger partial charge in [-0.15, -0.1) is 0 Å². The van der Waals surface area contributed by atoms with E-state index in [-0.39, 0.29) is 5.91 Å². The van der Waals surface area contributed by atoms with Gasteiger partial charge in [0.15, 0.2) is 0 Å². The summed E-state index contributed by atoms with van der Waals surface area (Å²) in [6.45, 7) is 3.32. The van der Waals surface area contributed by atoms with Crippen LogP contribution in [0.25, 0.3) is 10.9 Å². The molecule has 3 rings (SSSR count). The minimum atomic E-state index is 0.176. The van der Waals surface area contributed by atoms with Crippen LogP contribution in [-0.2, 0) is 4.79 Å². The van der Waals surface area contributed by atoms with Crippen molar-refractivity contribution < 1.29 is 4.79 Å². The number of aromatic nitrogens is 1. The number of para-hydroxylation sites is 1. The molecule has 0 unspecified atom stereocenters. The van der Waals surface area contributed by atoms with Gasteiger partial charge in [0.25, 0.3) is 0 Å². The van der Waals surface area contributed by atoms with Crippen LogP contribution in [0.4, 0.5) is 5.69 Å². The highest BCUT2D eigenvalue weighted by Crippen LogP contribution is 2.23. The zero-order chi connectivity index (χ0) is 13.9. The molecular formula is C16H19N3O. The van der Waals surface area contributed by atoms with Crippen molar-refractivity contribution in [2.24, 2.45) is 0 Å². The molecule has 4 nitrogen and oxygen atoms in total. The second kappa shape index (κ2) is 5.49. The van der Waals surface area contributed by atoms with Crippen LogP contribution in [0.2, 0.25) is 0 Å². The van der Waals surface area contributed by atoms with Gasteiger partial charge in [-0.25, -0.2) is 0 Å². The molecule has 2 aromatic rings. The number of pyridine rings is 1. The summed E-state index contributed by atoms with van der Waals surface area (Å²) in [5.41, 5.74) is 2.10. The van der Waals surface area contributed by atoms with E-state index in [0.29, 0.717) is 6.04 Å². The van der Waals surface area contributed by atoms with Gasteiger partial charge in [0.1, 0.15) is 0 Å². The minimum absolute atomic E-state index is 0.176. The number of likely N-dealkylation sites (tertiary alicyclic amines) is 1. The fourth-order valence-electron chi connectivity index (χ4n) is 2.78. The topological polar surface area (TPSA) is 45.2 Å². The van der Waals surface area contributed by atoms with Crippen LogP contribution in [0.5, 0.6) is 0 Å². The largest absolute Gasteiger partial charge is 0.380 e. The number of hydrogen-bond acceptors (Lipinski definition) is 3. The molecule has 0 aliphatic carbocycles. The highest BCUT2D eigenvalue weighted by Gasteiger charge is 2.20. The minimum Gasteiger partial charge on any atom is -0.380 e. The monoisotopic (exact) mass is 269 g/mol. The Morgan fingerprint density at radius 3 is 2.75 bits per heavy atom. The predicted molar refractivity (Wildman–Crippen MR) is 80.6 cm³/mol. The molecule has 1 aliphatic rings. The van der Waals surface area contributed by atoms with Gasteiger partial charge >= 0.3 is 0 Å². The molecule has 1 amide bonds. The summed E-state index contributed by atoms with van der Waals surface area (Å²) in [5, 5.41) is 4.73. The lowest BCUT2D eigenvalue weighted by molar-refractivity contribution is -0.129. The molecule has 0 saturated carbocycles. The molecule has 0 spiro atoms. The highest BCUT2D eigenvalue weighted by molar-refractivity contribution is 5.90. The molecule has 0 radical (unpaired) electrons. The molecule has 1 aliphatic heterocycles. The van der Waals surface area contributed by atoms with Crippen molar-refractivity contribution in [3.05, 3.63) is 36.5 Å². The van der Waals surface area contributed by atoms with E-state index >= 15 is 0 Å². The van der Waals surface area contributed by atoms with E-state index in [4.69, 9.17) is 0 Å². The smallest absolute Gasteiger partial charge is 0.219 e. The Labute approximate surface area is 118 Å². The lowest BCUT2D eigenvalue weighted by atomic mass is 10.0. The summed E-state index contributed by atoms with van der Waals surface area (Å²) in [5.74, 6) is 0.176. The molecule has 1 aromatic heterocycles. The molecule has 1 saturated heterocycles. The average Bonchev–Trinajstić information content (AvgIpc) is 2.48. The van der Waals surface area contributed by atoms with Crippen molar-refractivity contribution >= 4 is 22.5 Å². The van der Waals surface area contributed by atoms with E-state index < -0.39 is 0 Å². The fourth-order valence-corrected chi connectivity index (χ4v) is 2.78. The number of nitrogens with one attached hydrogen (secondary N) is 1. The Kier molecular flexibility index (Phi) is 3.54. The number of piperidine rings is 1. The Morgan fingerprint density at radius 1 is 1.25 bits per heavy atom. The van der Waals surface area contributed by atoms with Gasteiger partial charge in [-0.1, -0.05) is 18.2 Å². The second-order valence-electron chi connectivity index (χ2n) is 5.31. The molecule has 1 N–H and O–H groups in total. The maximum absolute atomic E-state index is 11.3. The first-order chi connectivity index (χ1) is 9.74. The Morgan fingerprint density at radius 2 is 2.00 bits per heavy atom. The summed E-state index contributed by atoms with van der Waals surface area (Å²) >= 11 is 0. The van der Waals surface area contributed by atoms with Crippen LogP contribution in [-0.4, -0.2) is 34.9 Å². The zero-order valence-electron chi connectivity index (χ0n) is 11.7. The van der Waals surface area contributed by atoms with Crippen LogP contribution < -0.4 is 5.32 Å². The van der Waals surface area contributed by atoms with E-state index in [1.54, 1.807) is 6.92 Å². The number of rotatable bonds is 2. The molecule has 20 heavy (non-hydrogen) atoms. The number of amides is 1. The lowest BCUT2D eigenvalue weighted by Gasteiger charge is -2.32. The van der Waals surface area contributed by atoms with Gasteiger partial charge in [0.05, 0.1) is 11.2 Å². The average molecular weight is 269 g/mol. The first-order valence-electron chi connectivity index (χ1n) is 7.10. The summed E-state index contributed by atoms with van der Waals surface area (Å²) in [6, 6.07) is 10.7. The normalized spacial score (nSPS) is 16.4. The number of carbonyl (C=O) groups is 1. The Bertz CT molecular complexity index is 613. The highest BCUT2D eigenvalue weighted by atomic mass is 16.2. The first kappa shape index (κ1) is 12.9. The second-order valence-corrected chi connectivity index (χ2v) is 5.31. The SMILES string of the molecule is CC(=O)N1CCC(Nc2cccc3cccnc23)CC1. The molecule has 1 aromatic carbocycles. The van der Waals surface area contributed by atoms with Crippen molar-refractivity contribution in [3.63, 3.8) is 0 Å². The molecule has 0 atom stereocenters. The number of carbonyl (C=O) groups excluding carboxylic acids is 1. The predicted octanol–water partition coefficient (Wildman–Crippen LogP) is 2.66. The van der Waals surface area contributed by atoms with Gasteiger partial charge < -0.3 is 10.2 Å². The fraction of sp³-hybridized carbons (Fsp3) is 0.375. The van der Waals surface area contributed by atoms with Crippen LogP contribution in [0, 0.1) is 0 Å². The standard InChI is InChI=1S/C16H19N3O/c1-12(20)19-10-7-14(8-11-19)18-15-6-2-4-13-5-3-9-17-16(13)15/h2-6,9,14,18H,7-8,10-11H2,1H3. The maximum Gasteiger partial charge on any atom is 0.219 e. The Hall–Kier alpha value is -2.10. The van der Waals surface area contributed by atoms with Crippen molar-refractivity contribution in [2.45, 2.75) is 25.8 Å². The van der Waals surface area contributed by atoms with Gasteiger partial charge in [0.2, 0.25) is 5.91 Å². The maximum atomic E-state index is 11.3.